The van der Waals surface area contributed by atoms with E-state index in [1.54, 1.807) is 4.68 Å². The Balaban J connectivity index is 1.99. The van der Waals surface area contributed by atoms with Crippen LogP contribution in [0.5, 0.6) is 0 Å². The Morgan fingerprint density at radius 2 is 1.68 bits per heavy atom. The highest BCUT2D eigenvalue weighted by Gasteiger charge is 2.05. The molecule has 0 saturated carbocycles. The van der Waals surface area contributed by atoms with Crippen molar-refractivity contribution in [2.45, 2.75) is 13.1 Å². The zero-order valence-electron chi connectivity index (χ0n) is 9.56. The maximum Gasteiger partial charge on any atom is 0.289 e. The van der Waals surface area contributed by atoms with E-state index in [4.69, 9.17) is 0 Å². The molecule has 1 N–H and O–H groups in total. The van der Waals surface area contributed by atoms with Gasteiger partial charge in [0.1, 0.15) is 0 Å². The fourth-order valence-corrected chi connectivity index (χ4v) is 1.80. The van der Waals surface area contributed by atoms with Crippen molar-refractivity contribution in [2.75, 3.05) is 16.1 Å². The van der Waals surface area contributed by atoms with Crippen LogP contribution in [0.15, 0.2) is 10.3 Å². The Morgan fingerprint density at radius 3 is 2.47 bits per heavy atom. The molecule has 0 aliphatic heterocycles. The highest BCUT2D eigenvalue weighted by atomic mass is 79.9. The predicted octanol–water partition coefficient (Wildman–Crippen LogP) is 0.560. The topological polar surface area (TPSA) is 124 Å². The molecule has 2 rings (SSSR count). The molecule has 2 heterocycles. The third-order valence-corrected chi connectivity index (χ3v) is 2.64. The highest BCUT2D eigenvalue weighted by Crippen LogP contribution is 2.07. The van der Waals surface area contributed by atoms with Crippen LogP contribution in [0.1, 0.15) is 0 Å². The molecule has 2 aromatic heterocycles. The summed E-state index contributed by atoms with van der Waals surface area (Å²) in [6.45, 7) is 1.22. The number of nitrogens with zero attached hydrogens (tertiary/aromatic N) is 10. The number of tetrazole rings is 2. The molecule has 102 valence electrons. The van der Waals surface area contributed by atoms with Gasteiger partial charge in [0.2, 0.25) is 0 Å². The van der Waals surface area contributed by atoms with Crippen LogP contribution in [-0.4, -0.2) is 51.1 Å². The molecule has 11 nitrogen and oxygen atoms in total. The first kappa shape index (κ1) is 13.9. The van der Waals surface area contributed by atoms with Crippen molar-refractivity contribution in [1.82, 2.24) is 40.4 Å². The van der Waals surface area contributed by atoms with Crippen molar-refractivity contribution >= 4 is 43.8 Å². The molecular formula is C6H9Br2N11. The Morgan fingerprint density at radius 1 is 1.00 bits per heavy atom. The summed E-state index contributed by atoms with van der Waals surface area (Å²) >= 11 is 6.59. The Labute approximate surface area is 124 Å². The maximum atomic E-state index is 3.86. The molecule has 0 amide bonds. The van der Waals surface area contributed by atoms with Crippen LogP contribution >= 0.6 is 31.9 Å². The number of alkyl halides is 2. The highest BCUT2D eigenvalue weighted by molar-refractivity contribution is 9.09. The average Bonchev–Trinajstić information content (AvgIpc) is 3.01. The third kappa shape index (κ3) is 3.73. The van der Waals surface area contributed by atoms with Crippen LogP contribution < -0.4 is 5.43 Å². The lowest BCUT2D eigenvalue weighted by Crippen LogP contribution is -2.06. The summed E-state index contributed by atoms with van der Waals surface area (Å²) in [5.41, 5.74) is 2.63. The number of nitrogens with one attached hydrogen (secondary N) is 1. The van der Waals surface area contributed by atoms with Crippen molar-refractivity contribution in [1.29, 1.82) is 0 Å². The van der Waals surface area contributed by atoms with E-state index >= 15 is 0 Å². The maximum absolute atomic E-state index is 3.86. The van der Waals surface area contributed by atoms with Gasteiger partial charge < -0.3 is 0 Å². The third-order valence-electron chi connectivity index (χ3n) is 1.93. The van der Waals surface area contributed by atoms with Crippen molar-refractivity contribution < 1.29 is 0 Å². The van der Waals surface area contributed by atoms with Gasteiger partial charge >= 0.3 is 0 Å². The molecular weight excluding hydrogens is 386 g/mol. The first-order valence-corrected chi connectivity index (χ1v) is 7.40. The van der Waals surface area contributed by atoms with Gasteiger partial charge in [0, 0.05) is 10.7 Å². The minimum absolute atomic E-state index is 0.298. The van der Waals surface area contributed by atoms with Gasteiger partial charge in [-0.25, -0.2) is 14.8 Å². The van der Waals surface area contributed by atoms with Gasteiger partial charge in [0.05, 0.1) is 13.1 Å². The second-order valence-electron chi connectivity index (χ2n) is 3.12. The van der Waals surface area contributed by atoms with E-state index in [2.05, 4.69) is 78.7 Å². The van der Waals surface area contributed by atoms with Gasteiger partial charge in [-0.1, -0.05) is 52.4 Å². The molecule has 0 fully saturated rings. The molecule has 0 bridgehead atoms. The van der Waals surface area contributed by atoms with Gasteiger partial charge in [0.15, 0.2) is 0 Å². The van der Waals surface area contributed by atoms with Crippen molar-refractivity contribution in [3.8, 4) is 0 Å². The summed E-state index contributed by atoms with van der Waals surface area (Å²) in [4.78, 5) is 0. The molecule has 0 radical (unpaired) electrons. The normalized spacial score (nSPS) is 11.3. The second-order valence-corrected chi connectivity index (χ2v) is 4.70. The van der Waals surface area contributed by atoms with Crippen molar-refractivity contribution in [3.63, 3.8) is 0 Å². The quantitative estimate of drug-likeness (QED) is 0.413. The molecule has 0 aliphatic rings. The number of aryl methyl sites for hydroxylation is 2. The molecule has 2 aromatic rings. The lowest BCUT2D eigenvalue weighted by Gasteiger charge is -1.99. The minimum atomic E-state index is 0.298. The van der Waals surface area contributed by atoms with Crippen molar-refractivity contribution in [3.05, 3.63) is 0 Å². The molecule has 0 spiro atoms. The SMILES string of the molecule is BrCCn1nnnc1N=NNc1nnnn1CCBr. The predicted molar refractivity (Wildman–Crippen MR) is 71.4 cm³/mol. The Bertz CT molecular complexity index is 533. The summed E-state index contributed by atoms with van der Waals surface area (Å²) in [5.74, 6) is 0.689. The van der Waals surface area contributed by atoms with Gasteiger partial charge in [-0.2, -0.15) is 0 Å². The summed E-state index contributed by atoms with van der Waals surface area (Å²) in [5, 5.41) is 31.1. The number of rotatable bonds is 7. The Hall–Kier alpha value is -1.50. The number of aromatic nitrogens is 8. The summed E-state index contributed by atoms with van der Waals surface area (Å²) < 4.78 is 3.07. The van der Waals surface area contributed by atoms with Crippen LogP contribution in [0.4, 0.5) is 11.9 Å². The second kappa shape index (κ2) is 7.18. The van der Waals surface area contributed by atoms with Crippen LogP contribution in [0, 0.1) is 0 Å². The molecule has 0 aliphatic carbocycles. The lowest BCUT2D eigenvalue weighted by atomic mass is 10.7. The smallest absolute Gasteiger partial charge is 0.225 e. The van der Waals surface area contributed by atoms with E-state index in [0.29, 0.717) is 25.0 Å². The first-order chi connectivity index (χ1) is 9.35. The fourth-order valence-electron chi connectivity index (χ4n) is 1.13. The van der Waals surface area contributed by atoms with Gasteiger partial charge in [-0.05, 0) is 20.9 Å². The van der Waals surface area contributed by atoms with Crippen LogP contribution in [-0.2, 0) is 13.1 Å². The van der Waals surface area contributed by atoms with Gasteiger partial charge in [0.25, 0.3) is 11.9 Å². The van der Waals surface area contributed by atoms with Crippen LogP contribution in [0.3, 0.4) is 0 Å². The zero-order valence-corrected chi connectivity index (χ0v) is 12.7. The van der Waals surface area contributed by atoms with Gasteiger partial charge in [-0.15, -0.1) is 0 Å². The van der Waals surface area contributed by atoms with E-state index in [1.807, 2.05) is 0 Å². The summed E-state index contributed by atoms with van der Waals surface area (Å²) in [6, 6.07) is 0. The van der Waals surface area contributed by atoms with E-state index in [-0.39, 0.29) is 0 Å². The average molecular weight is 395 g/mol. The molecule has 0 saturated heterocycles. The molecule has 0 aromatic carbocycles. The van der Waals surface area contributed by atoms with Crippen LogP contribution in [0.2, 0.25) is 0 Å². The Kier molecular flexibility index (Phi) is 5.26. The summed E-state index contributed by atoms with van der Waals surface area (Å²) in [7, 11) is 0. The van der Waals surface area contributed by atoms with E-state index in [0.717, 1.165) is 10.7 Å². The fraction of sp³-hybridized carbons (Fsp3) is 0.667. The van der Waals surface area contributed by atoms with E-state index < -0.39 is 0 Å². The first-order valence-electron chi connectivity index (χ1n) is 5.16. The number of anilines is 1. The largest absolute Gasteiger partial charge is 0.289 e. The van der Waals surface area contributed by atoms with Crippen molar-refractivity contribution in [2.24, 2.45) is 10.3 Å². The standard InChI is InChI=1S/C6H9Br2N11/c7-1-3-18-5(11-14-16-18)9-13-10-6-12-15-17-19(6)4-2-8/h1-4H2,(H,9,10,11,12,16,17). The van der Waals surface area contributed by atoms with Crippen LogP contribution in [0.25, 0.3) is 0 Å². The number of hydrogen-bond donors (Lipinski definition) is 1. The van der Waals surface area contributed by atoms with E-state index in [9.17, 15) is 0 Å². The molecule has 0 atom stereocenters. The molecule has 13 heteroatoms. The zero-order chi connectivity index (χ0) is 13.5. The monoisotopic (exact) mass is 393 g/mol. The van der Waals surface area contributed by atoms with E-state index in [1.165, 1.54) is 4.68 Å². The van der Waals surface area contributed by atoms with Gasteiger partial charge in [-0.3, -0.25) is 0 Å². The molecule has 19 heavy (non-hydrogen) atoms. The lowest BCUT2D eigenvalue weighted by molar-refractivity contribution is 0.631. The summed E-state index contributed by atoms with van der Waals surface area (Å²) in [6.07, 6.45) is 0. The molecule has 0 unspecified atom stereocenters. The number of hydrogen-bond acceptors (Lipinski definition) is 8. The number of halogens is 2. The minimum Gasteiger partial charge on any atom is -0.225 e.